The van der Waals surface area contributed by atoms with Gasteiger partial charge < -0.3 is 9.73 Å². The Morgan fingerprint density at radius 3 is 2.62 bits per heavy atom. The summed E-state index contributed by atoms with van der Waals surface area (Å²) in [7, 11) is 0. The highest BCUT2D eigenvalue weighted by Gasteiger charge is 2.27. The maximum atomic E-state index is 12.3. The molecule has 1 aromatic carbocycles. The van der Waals surface area contributed by atoms with Gasteiger partial charge in [-0.05, 0) is 29.8 Å². The van der Waals surface area contributed by atoms with Crippen molar-refractivity contribution in [1.29, 1.82) is 0 Å². The van der Waals surface area contributed by atoms with E-state index in [0.717, 1.165) is 0 Å². The van der Waals surface area contributed by atoms with Crippen molar-refractivity contribution in [1.82, 2.24) is 0 Å². The normalized spacial score (nSPS) is 11.4. The zero-order valence-electron chi connectivity index (χ0n) is 10.4. The van der Waals surface area contributed by atoms with Crippen LogP contribution in [0.2, 0.25) is 5.22 Å². The highest BCUT2D eigenvalue weighted by atomic mass is 35.5. The minimum Gasteiger partial charge on any atom is -0.452 e. The topological polar surface area (TPSA) is 42.2 Å². The van der Waals surface area contributed by atoms with Crippen LogP contribution in [0.3, 0.4) is 0 Å². The molecule has 0 aliphatic carbocycles. The first-order chi connectivity index (χ1) is 9.87. The van der Waals surface area contributed by atoms with Crippen LogP contribution >= 0.6 is 23.4 Å². The maximum Gasteiger partial charge on any atom is 0.398 e. The van der Waals surface area contributed by atoms with Gasteiger partial charge in [0.25, 0.3) is 5.91 Å². The minimum atomic E-state index is -4.28. The standard InChI is InChI=1S/C13H9ClF3NO2S/c14-11-8(5-6-20-11)12(19)18-9-3-1-2-4-10(9)21-7-13(15,16)17/h1-6H,7H2,(H,18,19). The lowest BCUT2D eigenvalue weighted by Gasteiger charge is -2.11. The average molecular weight is 336 g/mol. The molecule has 2 aromatic rings. The predicted molar refractivity (Wildman–Crippen MR) is 74.9 cm³/mol. The Morgan fingerprint density at radius 2 is 2.00 bits per heavy atom. The number of hydrogen-bond donors (Lipinski definition) is 1. The van der Waals surface area contributed by atoms with E-state index in [0.29, 0.717) is 16.7 Å². The number of amides is 1. The van der Waals surface area contributed by atoms with Crippen LogP contribution in [0.25, 0.3) is 0 Å². The van der Waals surface area contributed by atoms with Crippen LogP contribution in [0.4, 0.5) is 18.9 Å². The van der Waals surface area contributed by atoms with Crippen molar-refractivity contribution in [2.24, 2.45) is 0 Å². The largest absolute Gasteiger partial charge is 0.452 e. The summed E-state index contributed by atoms with van der Waals surface area (Å²) >= 11 is 6.28. The zero-order chi connectivity index (χ0) is 15.5. The number of rotatable bonds is 4. The van der Waals surface area contributed by atoms with Crippen LogP contribution in [0.15, 0.2) is 45.9 Å². The molecule has 0 radical (unpaired) electrons. The summed E-state index contributed by atoms with van der Waals surface area (Å²) in [6, 6.07) is 7.61. The Morgan fingerprint density at radius 1 is 1.29 bits per heavy atom. The molecule has 1 amide bonds. The maximum absolute atomic E-state index is 12.3. The summed E-state index contributed by atoms with van der Waals surface area (Å²) in [5.41, 5.74) is 0.404. The molecular weight excluding hydrogens is 327 g/mol. The SMILES string of the molecule is O=C(Nc1ccccc1SCC(F)(F)F)c1ccoc1Cl. The number of anilines is 1. The Balaban J connectivity index is 2.13. The Bertz CT molecular complexity index is 642. The number of thioether (sulfide) groups is 1. The van der Waals surface area contributed by atoms with E-state index in [1.807, 2.05) is 0 Å². The van der Waals surface area contributed by atoms with Crippen LogP contribution < -0.4 is 5.32 Å². The molecule has 2 rings (SSSR count). The quantitative estimate of drug-likeness (QED) is 0.813. The van der Waals surface area contributed by atoms with Crippen LogP contribution in [0.1, 0.15) is 10.4 Å². The molecule has 1 N–H and O–H groups in total. The molecule has 0 fully saturated rings. The van der Waals surface area contributed by atoms with Crippen molar-refractivity contribution in [2.75, 3.05) is 11.1 Å². The van der Waals surface area contributed by atoms with Gasteiger partial charge in [0, 0.05) is 4.90 Å². The van der Waals surface area contributed by atoms with Gasteiger partial charge in [-0.25, -0.2) is 0 Å². The summed E-state index contributed by atoms with van der Waals surface area (Å²) in [5.74, 6) is -1.58. The van der Waals surface area contributed by atoms with E-state index < -0.39 is 17.8 Å². The number of halogens is 4. The third-order valence-electron chi connectivity index (χ3n) is 2.39. The van der Waals surface area contributed by atoms with Crippen molar-refractivity contribution in [3.63, 3.8) is 0 Å². The number of carbonyl (C=O) groups is 1. The van der Waals surface area contributed by atoms with Crippen molar-refractivity contribution >= 4 is 35.0 Å². The summed E-state index contributed by atoms with van der Waals surface area (Å²) in [4.78, 5) is 12.3. The minimum absolute atomic E-state index is 0.0760. The number of para-hydroxylation sites is 1. The average Bonchev–Trinajstić information content (AvgIpc) is 2.83. The van der Waals surface area contributed by atoms with Crippen molar-refractivity contribution in [3.05, 3.63) is 47.4 Å². The zero-order valence-corrected chi connectivity index (χ0v) is 12.0. The molecule has 0 saturated carbocycles. The van der Waals surface area contributed by atoms with Crippen LogP contribution in [-0.2, 0) is 0 Å². The van der Waals surface area contributed by atoms with Crippen molar-refractivity contribution in [2.45, 2.75) is 11.1 Å². The fourth-order valence-electron chi connectivity index (χ4n) is 1.50. The van der Waals surface area contributed by atoms with E-state index in [9.17, 15) is 18.0 Å². The molecule has 0 spiro atoms. The van der Waals surface area contributed by atoms with Gasteiger partial charge in [0.15, 0.2) is 0 Å². The molecule has 0 atom stereocenters. The highest BCUT2D eigenvalue weighted by Crippen LogP contribution is 2.32. The lowest BCUT2D eigenvalue weighted by atomic mass is 10.3. The Labute approximate surface area is 127 Å². The van der Waals surface area contributed by atoms with E-state index in [1.165, 1.54) is 24.5 Å². The second-order valence-electron chi connectivity index (χ2n) is 3.96. The summed E-state index contributed by atoms with van der Waals surface area (Å²) in [5, 5.41) is 2.44. The molecule has 8 heteroatoms. The molecule has 0 aliphatic rings. The second-order valence-corrected chi connectivity index (χ2v) is 5.32. The Hall–Kier alpha value is -1.60. The van der Waals surface area contributed by atoms with Gasteiger partial charge in [-0.1, -0.05) is 12.1 Å². The molecule has 1 heterocycles. The van der Waals surface area contributed by atoms with Crippen LogP contribution in [0.5, 0.6) is 0 Å². The van der Waals surface area contributed by atoms with E-state index in [-0.39, 0.29) is 16.5 Å². The van der Waals surface area contributed by atoms with Gasteiger partial charge >= 0.3 is 6.18 Å². The van der Waals surface area contributed by atoms with Gasteiger partial charge in [-0.15, -0.1) is 11.8 Å². The molecule has 112 valence electrons. The first kappa shape index (κ1) is 15.8. The van der Waals surface area contributed by atoms with Gasteiger partial charge in [-0.2, -0.15) is 13.2 Å². The predicted octanol–water partition coefficient (Wildman–Crippen LogP) is 4.84. The van der Waals surface area contributed by atoms with Gasteiger partial charge in [0.05, 0.1) is 23.3 Å². The number of benzene rings is 1. The number of hydrogen-bond acceptors (Lipinski definition) is 3. The molecule has 0 saturated heterocycles. The first-order valence-electron chi connectivity index (χ1n) is 5.70. The first-order valence-corrected chi connectivity index (χ1v) is 7.06. The lowest BCUT2D eigenvalue weighted by Crippen LogP contribution is -2.13. The number of furan rings is 1. The molecule has 21 heavy (non-hydrogen) atoms. The summed E-state index contributed by atoms with van der Waals surface area (Å²) in [6.45, 7) is 0. The van der Waals surface area contributed by atoms with E-state index in [2.05, 4.69) is 5.32 Å². The highest BCUT2D eigenvalue weighted by molar-refractivity contribution is 7.99. The molecule has 0 bridgehead atoms. The van der Waals surface area contributed by atoms with Gasteiger partial charge in [-0.3, -0.25) is 4.79 Å². The van der Waals surface area contributed by atoms with E-state index >= 15 is 0 Å². The van der Waals surface area contributed by atoms with Crippen molar-refractivity contribution in [3.8, 4) is 0 Å². The smallest absolute Gasteiger partial charge is 0.398 e. The number of alkyl halides is 3. The number of carbonyl (C=O) groups excluding carboxylic acids is 1. The third kappa shape index (κ3) is 4.44. The monoisotopic (exact) mass is 335 g/mol. The molecule has 1 aromatic heterocycles. The van der Waals surface area contributed by atoms with Gasteiger partial charge in [0.1, 0.15) is 0 Å². The molecule has 3 nitrogen and oxygen atoms in total. The summed E-state index contributed by atoms with van der Waals surface area (Å²) in [6.07, 6.45) is -3.03. The lowest BCUT2D eigenvalue weighted by molar-refractivity contribution is -0.105. The van der Waals surface area contributed by atoms with Crippen molar-refractivity contribution < 1.29 is 22.4 Å². The Kier molecular flexibility index (Phi) is 4.84. The summed E-state index contributed by atoms with van der Waals surface area (Å²) < 4.78 is 41.6. The fraction of sp³-hybridized carbons (Fsp3) is 0.154. The van der Waals surface area contributed by atoms with E-state index in [4.69, 9.17) is 16.0 Å². The molecule has 0 unspecified atom stereocenters. The third-order valence-corrected chi connectivity index (χ3v) is 3.82. The number of nitrogens with one attached hydrogen (secondary N) is 1. The molecular formula is C13H9ClF3NO2S. The fourth-order valence-corrected chi connectivity index (χ4v) is 2.47. The molecule has 0 aliphatic heterocycles. The van der Waals surface area contributed by atoms with Crippen LogP contribution in [0, 0.1) is 0 Å². The second kappa shape index (κ2) is 6.44. The van der Waals surface area contributed by atoms with Crippen LogP contribution in [-0.4, -0.2) is 17.8 Å². The van der Waals surface area contributed by atoms with Gasteiger partial charge in [0.2, 0.25) is 5.22 Å². The van der Waals surface area contributed by atoms with E-state index in [1.54, 1.807) is 12.1 Å².